The third-order valence-electron chi connectivity index (χ3n) is 2.65. The van der Waals surface area contributed by atoms with Gasteiger partial charge in [0, 0.05) is 14.0 Å². The van der Waals surface area contributed by atoms with Gasteiger partial charge in [-0.3, -0.25) is 0 Å². The lowest BCUT2D eigenvalue weighted by molar-refractivity contribution is -0.665. The van der Waals surface area contributed by atoms with Crippen molar-refractivity contribution in [2.75, 3.05) is 13.7 Å². The van der Waals surface area contributed by atoms with E-state index >= 15 is 0 Å². The molecule has 0 aliphatic heterocycles. The average molecular weight is 250 g/mol. The maximum Gasteiger partial charge on any atom is 0.292 e. The zero-order valence-electron chi connectivity index (χ0n) is 10.00. The number of para-hydroxylation sites is 1. The fraction of sp³-hybridized carbons (Fsp3) is 0.333. The molecule has 1 aromatic heterocycles. The first-order chi connectivity index (χ1) is 8.24. The van der Waals surface area contributed by atoms with Crippen LogP contribution in [0.3, 0.4) is 0 Å². The summed E-state index contributed by atoms with van der Waals surface area (Å²) in [6, 6.07) is 10.0. The number of aromatic nitrogens is 3. The smallest absolute Gasteiger partial charge is 0.292 e. The summed E-state index contributed by atoms with van der Waals surface area (Å²) in [5.74, 6) is 1.04. The third kappa shape index (κ3) is 2.50. The van der Waals surface area contributed by atoms with Crippen molar-refractivity contribution in [3.8, 4) is 5.69 Å². The number of rotatable bonds is 4. The molecular weight excluding hydrogens is 234 g/mol. The van der Waals surface area contributed by atoms with Gasteiger partial charge >= 0.3 is 0 Å². The van der Waals surface area contributed by atoms with Crippen LogP contribution in [0.4, 0.5) is 0 Å². The number of hydrogen-bond acceptors (Lipinski definition) is 3. The Balaban J connectivity index is 2.37. The van der Waals surface area contributed by atoms with E-state index in [1.54, 1.807) is 7.11 Å². The second-order valence-electron chi connectivity index (χ2n) is 3.74. The molecule has 90 valence electrons. The molecular formula is C12H16N3OS+. The van der Waals surface area contributed by atoms with E-state index in [1.807, 2.05) is 46.5 Å². The predicted molar refractivity (Wildman–Crippen MR) is 67.6 cm³/mol. The zero-order chi connectivity index (χ0) is 12.3. The summed E-state index contributed by atoms with van der Waals surface area (Å²) < 4.78 is 8.99. The molecule has 0 spiro atoms. The maximum atomic E-state index is 5.08. The van der Waals surface area contributed by atoms with Gasteiger partial charge in [0.2, 0.25) is 0 Å². The fourth-order valence-corrected chi connectivity index (χ4v) is 2.07. The van der Waals surface area contributed by atoms with Crippen molar-refractivity contribution in [3.63, 3.8) is 0 Å². The molecule has 0 N–H and O–H groups in total. The topological polar surface area (TPSA) is 30.9 Å². The molecule has 0 aliphatic rings. The van der Waals surface area contributed by atoms with Crippen molar-refractivity contribution in [2.24, 2.45) is 0 Å². The van der Waals surface area contributed by atoms with Gasteiger partial charge in [0.1, 0.15) is 6.54 Å². The van der Waals surface area contributed by atoms with Crippen molar-refractivity contribution in [1.82, 2.24) is 9.67 Å². The van der Waals surface area contributed by atoms with E-state index in [1.165, 1.54) is 0 Å². The quantitative estimate of drug-likeness (QED) is 0.657. The maximum absolute atomic E-state index is 5.08. The standard InChI is InChI=1S/C12H15N3OS/c1-10-14(8-9-16-2)12(17)13-15(10)11-6-4-3-5-7-11/h3-7H,8-9H2,1-2H3/p+1. The first-order valence-corrected chi connectivity index (χ1v) is 5.91. The van der Waals surface area contributed by atoms with Crippen molar-refractivity contribution in [1.29, 1.82) is 0 Å². The molecule has 17 heavy (non-hydrogen) atoms. The molecule has 0 saturated carbocycles. The van der Waals surface area contributed by atoms with E-state index in [-0.39, 0.29) is 0 Å². The van der Waals surface area contributed by atoms with Crippen LogP contribution in [0.5, 0.6) is 0 Å². The monoisotopic (exact) mass is 250 g/mol. The Morgan fingerprint density at radius 1 is 1.35 bits per heavy atom. The van der Waals surface area contributed by atoms with Crippen LogP contribution in [0.2, 0.25) is 0 Å². The van der Waals surface area contributed by atoms with Crippen LogP contribution < -0.4 is 4.68 Å². The second kappa shape index (κ2) is 5.33. The first-order valence-electron chi connectivity index (χ1n) is 5.47. The largest absolute Gasteiger partial charge is 0.381 e. The van der Waals surface area contributed by atoms with Crippen LogP contribution in [-0.4, -0.2) is 23.4 Å². The van der Waals surface area contributed by atoms with Crippen molar-refractivity contribution >= 4 is 12.6 Å². The van der Waals surface area contributed by atoms with Crippen LogP contribution in [0, 0.1) is 6.92 Å². The SMILES string of the molecule is COCCn1c(S)n[n+](-c2ccccc2)c1C. The molecule has 2 aromatic rings. The Morgan fingerprint density at radius 2 is 2.06 bits per heavy atom. The zero-order valence-corrected chi connectivity index (χ0v) is 10.9. The lowest BCUT2D eigenvalue weighted by Gasteiger charge is -1.98. The first kappa shape index (κ1) is 12.1. The van der Waals surface area contributed by atoms with Crippen LogP contribution >= 0.6 is 12.6 Å². The molecule has 0 bridgehead atoms. The van der Waals surface area contributed by atoms with Crippen LogP contribution in [0.25, 0.3) is 5.69 Å². The molecule has 1 heterocycles. The van der Waals surface area contributed by atoms with Gasteiger partial charge < -0.3 is 4.74 Å². The number of nitrogens with zero attached hydrogens (tertiary/aromatic N) is 3. The highest BCUT2D eigenvalue weighted by molar-refractivity contribution is 7.80. The Labute approximate surface area is 106 Å². The summed E-state index contributed by atoms with van der Waals surface area (Å²) in [5.41, 5.74) is 1.04. The average Bonchev–Trinajstić information content (AvgIpc) is 2.64. The van der Waals surface area contributed by atoms with Gasteiger partial charge in [-0.2, -0.15) is 0 Å². The molecule has 1 aromatic carbocycles. The number of hydrogen-bond donors (Lipinski definition) is 1. The summed E-state index contributed by atoms with van der Waals surface area (Å²) in [4.78, 5) is 0. The van der Waals surface area contributed by atoms with Gasteiger partial charge in [-0.25, -0.2) is 4.57 Å². The van der Waals surface area contributed by atoms with E-state index in [0.29, 0.717) is 11.8 Å². The molecule has 0 fully saturated rings. The van der Waals surface area contributed by atoms with Gasteiger partial charge in [0.05, 0.1) is 6.61 Å². The lowest BCUT2D eigenvalue weighted by Crippen LogP contribution is -2.36. The predicted octanol–water partition coefficient (Wildman–Crippen LogP) is 1.40. The van der Waals surface area contributed by atoms with E-state index in [2.05, 4.69) is 17.7 Å². The van der Waals surface area contributed by atoms with Crippen molar-refractivity contribution in [3.05, 3.63) is 36.2 Å². The summed E-state index contributed by atoms with van der Waals surface area (Å²) in [6.45, 7) is 3.43. The van der Waals surface area contributed by atoms with Gasteiger partial charge in [-0.1, -0.05) is 35.5 Å². The molecule has 4 nitrogen and oxygen atoms in total. The van der Waals surface area contributed by atoms with Crippen molar-refractivity contribution in [2.45, 2.75) is 18.6 Å². The molecule has 2 rings (SSSR count). The molecule has 0 atom stereocenters. The van der Waals surface area contributed by atoms with Crippen LogP contribution in [0.15, 0.2) is 35.5 Å². The minimum absolute atomic E-state index is 0.652. The molecule has 0 radical (unpaired) electrons. The molecule has 5 heteroatoms. The van der Waals surface area contributed by atoms with Crippen molar-refractivity contribution < 1.29 is 9.42 Å². The fourth-order valence-electron chi connectivity index (χ4n) is 1.73. The number of methoxy groups -OCH3 is 1. The van der Waals surface area contributed by atoms with E-state index in [9.17, 15) is 0 Å². The Kier molecular flexibility index (Phi) is 3.81. The van der Waals surface area contributed by atoms with E-state index < -0.39 is 0 Å². The number of benzene rings is 1. The highest BCUT2D eigenvalue weighted by Gasteiger charge is 2.20. The normalized spacial score (nSPS) is 10.8. The molecule has 0 aliphatic carbocycles. The van der Waals surface area contributed by atoms with E-state index in [0.717, 1.165) is 18.1 Å². The summed E-state index contributed by atoms with van der Waals surface area (Å²) in [5, 5.41) is 5.12. The molecule has 0 amide bonds. The highest BCUT2D eigenvalue weighted by atomic mass is 32.1. The van der Waals surface area contributed by atoms with Gasteiger partial charge in [0.15, 0.2) is 5.69 Å². The summed E-state index contributed by atoms with van der Waals surface area (Å²) in [7, 11) is 1.69. The Morgan fingerprint density at radius 3 is 2.71 bits per heavy atom. The Bertz CT molecular complexity index is 496. The summed E-state index contributed by atoms with van der Waals surface area (Å²) in [6.07, 6.45) is 0. The van der Waals surface area contributed by atoms with Gasteiger partial charge in [0.25, 0.3) is 11.0 Å². The highest BCUT2D eigenvalue weighted by Crippen LogP contribution is 2.07. The minimum Gasteiger partial charge on any atom is -0.381 e. The second-order valence-corrected chi connectivity index (χ2v) is 4.14. The number of ether oxygens (including phenoxy) is 1. The minimum atomic E-state index is 0.652. The molecule has 0 unspecified atom stereocenters. The third-order valence-corrected chi connectivity index (χ3v) is 2.98. The van der Waals surface area contributed by atoms with Gasteiger partial charge in [-0.15, -0.1) is 0 Å². The summed E-state index contributed by atoms with van der Waals surface area (Å²) >= 11 is 4.39. The van der Waals surface area contributed by atoms with E-state index in [4.69, 9.17) is 4.74 Å². The van der Waals surface area contributed by atoms with Crippen LogP contribution in [0.1, 0.15) is 5.82 Å². The van der Waals surface area contributed by atoms with Crippen LogP contribution in [-0.2, 0) is 11.3 Å². The Hall–Kier alpha value is -1.33. The number of thiol groups is 1. The molecule has 0 saturated heterocycles. The lowest BCUT2D eigenvalue weighted by atomic mass is 10.3. The van der Waals surface area contributed by atoms with Gasteiger partial charge in [-0.05, 0) is 17.2 Å².